The monoisotopic (exact) mass is 277 g/mol. The van der Waals surface area contributed by atoms with Crippen LogP contribution in [-0.4, -0.2) is 45.8 Å². The van der Waals surface area contributed by atoms with Crippen molar-refractivity contribution < 1.29 is 9.53 Å². The molecule has 110 valence electrons. The lowest BCUT2D eigenvalue weighted by Crippen LogP contribution is -2.53. The zero-order valence-corrected chi connectivity index (χ0v) is 12.4. The Labute approximate surface area is 120 Å². The van der Waals surface area contributed by atoms with Gasteiger partial charge in [0, 0.05) is 25.8 Å². The molecule has 1 aliphatic rings. The molecule has 20 heavy (non-hydrogen) atoms. The quantitative estimate of drug-likeness (QED) is 0.849. The van der Waals surface area contributed by atoms with E-state index < -0.39 is 0 Å². The van der Waals surface area contributed by atoms with Crippen LogP contribution in [0.25, 0.3) is 0 Å². The van der Waals surface area contributed by atoms with Gasteiger partial charge < -0.3 is 20.3 Å². The minimum atomic E-state index is -0.247. The van der Waals surface area contributed by atoms with E-state index in [-0.39, 0.29) is 11.9 Å². The molecule has 1 atom stereocenters. The number of nitrogens with one attached hydrogen (secondary N) is 2. The van der Waals surface area contributed by atoms with Crippen molar-refractivity contribution in [1.29, 1.82) is 0 Å². The second-order valence-electron chi connectivity index (χ2n) is 5.04. The van der Waals surface area contributed by atoms with E-state index in [1.54, 1.807) is 7.05 Å². The van der Waals surface area contributed by atoms with Gasteiger partial charge >= 0.3 is 0 Å². The van der Waals surface area contributed by atoms with Crippen molar-refractivity contribution in [1.82, 2.24) is 10.6 Å². The maximum Gasteiger partial charge on any atom is 0.244 e. The highest BCUT2D eigenvalue weighted by molar-refractivity contribution is 5.85. The lowest BCUT2D eigenvalue weighted by atomic mass is 10.1. The third kappa shape index (κ3) is 3.11. The van der Waals surface area contributed by atoms with Gasteiger partial charge in [0.25, 0.3) is 0 Å². The van der Waals surface area contributed by atoms with Gasteiger partial charge in [-0.05, 0) is 37.2 Å². The summed E-state index contributed by atoms with van der Waals surface area (Å²) >= 11 is 0. The van der Waals surface area contributed by atoms with Crippen LogP contribution >= 0.6 is 0 Å². The van der Waals surface area contributed by atoms with E-state index in [9.17, 15) is 4.79 Å². The molecule has 5 heteroatoms. The summed E-state index contributed by atoms with van der Waals surface area (Å²) in [6, 6.07) is 6.11. The zero-order valence-electron chi connectivity index (χ0n) is 12.4. The predicted octanol–water partition coefficient (Wildman–Crippen LogP) is 0.666. The first-order chi connectivity index (χ1) is 9.67. The fraction of sp³-hybridized carbons (Fsp3) is 0.533. The van der Waals surface area contributed by atoms with E-state index in [0.717, 1.165) is 18.8 Å². The van der Waals surface area contributed by atoms with Gasteiger partial charge in [-0.2, -0.15) is 0 Å². The van der Waals surface area contributed by atoms with Crippen molar-refractivity contribution in [2.75, 3.05) is 38.8 Å². The number of hydrogen-bond donors (Lipinski definition) is 2. The zero-order chi connectivity index (χ0) is 14.5. The van der Waals surface area contributed by atoms with Gasteiger partial charge in [-0.1, -0.05) is 6.07 Å². The SMILES string of the molecule is CNCc1ccc(N2CCOCC2C(=O)NC)cc1C. The van der Waals surface area contributed by atoms with Crippen LogP contribution in [-0.2, 0) is 16.1 Å². The molecule has 1 aromatic carbocycles. The summed E-state index contributed by atoms with van der Waals surface area (Å²) in [6.07, 6.45) is 0. The molecule has 1 saturated heterocycles. The number of anilines is 1. The van der Waals surface area contributed by atoms with Crippen LogP contribution in [0.5, 0.6) is 0 Å². The third-order valence-corrected chi connectivity index (χ3v) is 3.70. The summed E-state index contributed by atoms with van der Waals surface area (Å²) in [5, 5.41) is 5.87. The number of morpholine rings is 1. The Balaban J connectivity index is 2.23. The number of nitrogens with zero attached hydrogens (tertiary/aromatic N) is 1. The normalized spacial score (nSPS) is 18.9. The molecule has 2 rings (SSSR count). The fourth-order valence-corrected chi connectivity index (χ4v) is 2.54. The Hall–Kier alpha value is -1.59. The van der Waals surface area contributed by atoms with E-state index in [0.29, 0.717) is 13.2 Å². The van der Waals surface area contributed by atoms with Crippen molar-refractivity contribution in [2.24, 2.45) is 0 Å². The molecule has 1 heterocycles. The molecule has 1 unspecified atom stereocenters. The molecule has 0 aliphatic carbocycles. The molecule has 1 aromatic rings. The minimum Gasteiger partial charge on any atom is -0.377 e. The summed E-state index contributed by atoms with van der Waals surface area (Å²) in [4.78, 5) is 14.1. The Morgan fingerprint density at radius 2 is 2.25 bits per heavy atom. The molecular weight excluding hydrogens is 254 g/mol. The van der Waals surface area contributed by atoms with Crippen molar-refractivity contribution >= 4 is 11.6 Å². The summed E-state index contributed by atoms with van der Waals surface area (Å²) in [5.74, 6) is 0.00153. The summed E-state index contributed by atoms with van der Waals surface area (Å²) in [7, 11) is 3.60. The van der Waals surface area contributed by atoms with Gasteiger partial charge in [-0.3, -0.25) is 4.79 Å². The Bertz CT molecular complexity index is 476. The number of aryl methyl sites for hydroxylation is 1. The highest BCUT2D eigenvalue weighted by atomic mass is 16.5. The smallest absolute Gasteiger partial charge is 0.244 e. The van der Waals surface area contributed by atoms with Gasteiger partial charge in [0.15, 0.2) is 0 Å². The van der Waals surface area contributed by atoms with Gasteiger partial charge in [-0.15, -0.1) is 0 Å². The molecule has 0 aromatic heterocycles. The van der Waals surface area contributed by atoms with Crippen LogP contribution in [0, 0.1) is 6.92 Å². The molecule has 1 amide bonds. The number of likely N-dealkylation sites (N-methyl/N-ethyl adjacent to an activating group) is 1. The second kappa shape index (κ2) is 6.72. The molecule has 0 bridgehead atoms. The van der Waals surface area contributed by atoms with Crippen LogP contribution in [0.3, 0.4) is 0 Å². The predicted molar refractivity (Wildman–Crippen MR) is 80.0 cm³/mol. The third-order valence-electron chi connectivity index (χ3n) is 3.70. The highest BCUT2D eigenvalue weighted by Gasteiger charge is 2.29. The average molecular weight is 277 g/mol. The standard InChI is InChI=1S/C15H23N3O2/c1-11-8-13(5-4-12(11)9-16-2)18-6-7-20-10-14(18)15(19)17-3/h4-5,8,14,16H,6-7,9-10H2,1-3H3,(H,17,19). The first kappa shape index (κ1) is 14.8. The van der Waals surface area contributed by atoms with Gasteiger partial charge in [0.1, 0.15) is 6.04 Å². The van der Waals surface area contributed by atoms with Gasteiger partial charge in [-0.25, -0.2) is 0 Å². The van der Waals surface area contributed by atoms with E-state index >= 15 is 0 Å². The van der Waals surface area contributed by atoms with E-state index in [1.807, 2.05) is 7.05 Å². The lowest BCUT2D eigenvalue weighted by Gasteiger charge is -2.36. The molecule has 1 fully saturated rings. The van der Waals surface area contributed by atoms with Crippen LogP contribution in [0.1, 0.15) is 11.1 Å². The molecule has 0 spiro atoms. The lowest BCUT2D eigenvalue weighted by molar-refractivity contribution is -0.124. The van der Waals surface area contributed by atoms with Crippen molar-refractivity contribution in [3.63, 3.8) is 0 Å². The fourth-order valence-electron chi connectivity index (χ4n) is 2.54. The number of rotatable bonds is 4. The number of benzene rings is 1. The molecule has 0 saturated carbocycles. The second-order valence-corrected chi connectivity index (χ2v) is 5.04. The molecular formula is C15H23N3O2. The van der Waals surface area contributed by atoms with Crippen molar-refractivity contribution in [2.45, 2.75) is 19.5 Å². The number of hydrogen-bond acceptors (Lipinski definition) is 4. The minimum absolute atomic E-state index is 0.00153. The molecule has 2 N–H and O–H groups in total. The highest BCUT2D eigenvalue weighted by Crippen LogP contribution is 2.23. The van der Waals surface area contributed by atoms with Crippen molar-refractivity contribution in [3.8, 4) is 0 Å². The van der Waals surface area contributed by atoms with Gasteiger partial charge in [0.05, 0.1) is 13.2 Å². The first-order valence-corrected chi connectivity index (χ1v) is 6.97. The number of carbonyl (C=O) groups excluding carboxylic acids is 1. The largest absolute Gasteiger partial charge is 0.377 e. The Morgan fingerprint density at radius 3 is 2.90 bits per heavy atom. The van der Waals surface area contributed by atoms with Crippen LogP contribution in [0.4, 0.5) is 5.69 Å². The molecule has 5 nitrogen and oxygen atoms in total. The maximum absolute atomic E-state index is 12.0. The number of ether oxygens (including phenoxy) is 1. The summed E-state index contributed by atoms with van der Waals surface area (Å²) < 4.78 is 5.44. The molecule has 0 radical (unpaired) electrons. The molecule has 1 aliphatic heterocycles. The van der Waals surface area contributed by atoms with Crippen LogP contribution in [0.15, 0.2) is 18.2 Å². The number of carbonyl (C=O) groups is 1. The van der Waals surface area contributed by atoms with Crippen molar-refractivity contribution in [3.05, 3.63) is 29.3 Å². The van der Waals surface area contributed by atoms with Gasteiger partial charge in [0.2, 0.25) is 5.91 Å². The number of amides is 1. The van der Waals surface area contributed by atoms with E-state index in [2.05, 4.69) is 40.7 Å². The maximum atomic E-state index is 12.0. The Morgan fingerprint density at radius 1 is 1.45 bits per heavy atom. The summed E-state index contributed by atoms with van der Waals surface area (Å²) in [6.45, 7) is 4.80. The first-order valence-electron chi connectivity index (χ1n) is 6.97. The van der Waals surface area contributed by atoms with E-state index in [1.165, 1.54) is 11.1 Å². The van der Waals surface area contributed by atoms with Crippen LogP contribution < -0.4 is 15.5 Å². The van der Waals surface area contributed by atoms with E-state index in [4.69, 9.17) is 4.74 Å². The Kier molecular flexibility index (Phi) is 4.98. The average Bonchev–Trinajstić information content (AvgIpc) is 2.48. The topological polar surface area (TPSA) is 53.6 Å². The summed E-state index contributed by atoms with van der Waals surface area (Å²) in [5.41, 5.74) is 3.60. The van der Waals surface area contributed by atoms with Crippen LogP contribution in [0.2, 0.25) is 0 Å².